The lowest BCUT2D eigenvalue weighted by Crippen LogP contribution is -2.32. The van der Waals surface area contributed by atoms with Gasteiger partial charge in [0.05, 0.1) is 28.8 Å². The van der Waals surface area contributed by atoms with E-state index in [1.165, 1.54) is 6.07 Å². The molecule has 0 radical (unpaired) electrons. The van der Waals surface area contributed by atoms with Crippen molar-refractivity contribution >= 4 is 52.2 Å². The van der Waals surface area contributed by atoms with E-state index >= 15 is 0 Å². The normalized spacial score (nSPS) is 19.2. The molecule has 1 saturated heterocycles. The summed E-state index contributed by atoms with van der Waals surface area (Å²) in [6.45, 7) is 1.68. The molecule has 2 N–H and O–H groups in total. The summed E-state index contributed by atoms with van der Waals surface area (Å²) in [4.78, 5) is 56.2. The van der Waals surface area contributed by atoms with Gasteiger partial charge in [-0.15, -0.1) is 0 Å². The average Bonchev–Trinajstić information content (AvgIpc) is 3.50. The number of para-hydroxylation sites is 1. The smallest absolute Gasteiger partial charge is 0.416 e. The zero-order valence-electron chi connectivity index (χ0n) is 23.4. The van der Waals surface area contributed by atoms with Crippen LogP contribution in [0, 0.1) is 5.92 Å². The number of carbonyl (C=O) groups excluding carboxylic acids is 3. The molecule has 0 bridgehead atoms. The van der Waals surface area contributed by atoms with Gasteiger partial charge in [-0.1, -0.05) is 53.4 Å². The Morgan fingerprint density at radius 1 is 0.956 bits per heavy atom. The molecular formula is C31H24F3N3O6S2. The number of thiazole rings is 1. The number of thioether (sulfide) groups is 1. The van der Waals surface area contributed by atoms with Crippen molar-refractivity contribution in [3.05, 3.63) is 98.5 Å². The number of benzene rings is 3. The first-order chi connectivity index (χ1) is 21.5. The van der Waals surface area contributed by atoms with Crippen LogP contribution in [0.1, 0.15) is 28.8 Å². The molecule has 0 aliphatic carbocycles. The van der Waals surface area contributed by atoms with Crippen LogP contribution in [0.5, 0.6) is 11.5 Å². The van der Waals surface area contributed by atoms with Gasteiger partial charge in [-0.3, -0.25) is 19.2 Å². The second-order valence-corrected chi connectivity index (χ2v) is 12.3. The van der Waals surface area contributed by atoms with Crippen molar-refractivity contribution in [2.45, 2.75) is 29.3 Å². The fraction of sp³-hybridized carbons (Fsp3) is 0.226. The maximum Gasteiger partial charge on any atom is 0.416 e. The Morgan fingerprint density at radius 3 is 2.47 bits per heavy atom. The third kappa shape index (κ3) is 5.94. The van der Waals surface area contributed by atoms with E-state index in [0.29, 0.717) is 21.2 Å². The highest BCUT2D eigenvalue weighted by atomic mass is 32.2. The zero-order chi connectivity index (χ0) is 31.9. The van der Waals surface area contributed by atoms with Gasteiger partial charge in [0, 0.05) is 16.5 Å². The van der Waals surface area contributed by atoms with E-state index in [1.807, 2.05) is 6.07 Å². The highest BCUT2D eigenvalue weighted by Gasteiger charge is 2.56. The Bertz CT molecular complexity index is 1840. The molecule has 1 aromatic heterocycles. The topological polar surface area (TPSA) is 118 Å². The number of aromatic nitrogens is 1. The van der Waals surface area contributed by atoms with Crippen LogP contribution in [0.2, 0.25) is 0 Å². The van der Waals surface area contributed by atoms with E-state index in [0.717, 1.165) is 46.2 Å². The molecule has 2 unspecified atom stereocenters. The average molecular weight is 656 g/mol. The predicted molar refractivity (Wildman–Crippen MR) is 162 cm³/mol. The van der Waals surface area contributed by atoms with Gasteiger partial charge in [0.25, 0.3) is 5.91 Å². The van der Waals surface area contributed by atoms with E-state index in [-0.39, 0.29) is 35.3 Å². The van der Waals surface area contributed by atoms with Crippen LogP contribution in [0.3, 0.4) is 0 Å². The van der Waals surface area contributed by atoms with E-state index in [4.69, 9.17) is 9.47 Å². The number of hydrogen-bond donors (Lipinski definition) is 2. The number of halogens is 3. The number of nitrogens with one attached hydrogen (secondary N) is 2. The molecule has 2 aliphatic heterocycles. The molecule has 2 aliphatic rings. The fourth-order valence-corrected chi connectivity index (χ4v) is 7.93. The predicted octanol–water partition coefficient (Wildman–Crippen LogP) is 5.67. The van der Waals surface area contributed by atoms with E-state index in [2.05, 4.69) is 10.3 Å². The number of fused-ring (bicyclic) bond motifs is 2. The summed E-state index contributed by atoms with van der Waals surface area (Å²) in [6.07, 6.45) is -4.67. The number of alkyl halides is 3. The highest BCUT2D eigenvalue weighted by Crippen LogP contribution is 2.54. The van der Waals surface area contributed by atoms with E-state index in [1.54, 1.807) is 49.4 Å². The Balaban J connectivity index is 1.33. The van der Waals surface area contributed by atoms with Gasteiger partial charge in [-0.25, -0.2) is 4.90 Å². The Kier molecular flexibility index (Phi) is 8.18. The minimum atomic E-state index is -4.67. The summed E-state index contributed by atoms with van der Waals surface area (Å²) in [5, 5.41) is 2.15. The number of hydrogen-bond acceptors (Lipinski definition) is 8. The molecule has 0 spiro atoms. The van der Waals surface area contributed by atoms with Gasteiger partial charge in [0.1, 0.15) is 5.25 Å². The van der Waals surface area contributed by atoms with Gasteiger partial charge in [0.2, 0.25) is 11.8 Å². The first kappa shape index (κ1) is 30.5. The van der Waals surface area contributed by atoms with Crippen molar-refractivity contribution in [1.29, 1.82) is 0 Å². The van der Waals surface area contributed by atoms with Gasteiger partial charge in [0.15, 0.2) is 18.1 Å². The van der Waals surface area contributed by atoms with Crippen LogP contribution in [-0.4, -0.2) is 41.2 Å². The summed E-state index contributed by atoms with van der Waals surface area (Å²) in [6, 6.07) is 17.8. The summed E-state index contributed by atoms with van der Waals surface area (Å²) in [5.41, 5.74) is -0.0405. The van der Waals surface area contributed by atoms with Gasteiger partial charge >= 0.3 is 11.0 Å². The molecule has 1 fully saturated rings. The zero-order valence-corrected chi connectivity index (χ0v) is 25.1. The number of imide groups is 1. The highest BCUT2D eigenvalue weighted by molar-refractivity contribution is 8.00. The largest absolute Gasteiger partial charge is 0.490 e. The van der Waals surface area contributed by atoms with Crippen molar-refractivity contribution in [2.24, 2.45) is 5.92 Å². The van der Waals surface area contributed by atoms with E-state index < -0.39 is 46.5 Å². The fourth-order valence-electron chi connectivity index (χ4n) is 5.42. The molecule has 4 aromatic rings. The number of H-pyrrole nitrogens is 1. The molecule has 45 heavy (non-hydrogen) atoms. The number of carbonyl (C=O) groups is 3. The molecule has 14 heteroatoms. The van der Waals surface area contributed by atoms with Crippen LogP contribution in [-0.2, 0) is 20.6 Å². The number of ether oxygens (including phenoxy) is 2. The lowest BCUT2D eigenvalue weighted by atomic mass is 9.83. The molecular weight excluding hydrogens is 631 g/mol. The minimum Gasteiger partial charge on any atom is -0.490 e. The quantitative estimate of drug-likeness (QED) is 0.235. The Morgan fingerprint density at radius 2 is 1.73 bits per heavy atom. The second kappa shape index (κ2) is 12.1. The number of rotatable bonds is 8. The molecule has 0 saturated carbocycles. The number of amides is 3. The van der Waals surface area contributed by atoms with E-state index in [9.17, 15) is 32.3 Å². The molecule has 3 aromatic carbocycles. The van der Waals surface area contributed by atoms with Crippen LogP contribution < -0.4 is 24.6 Å². The minimum absolute atomic E-state index is 0.182. The summed E-state index contributed by atoms with van der Waals surface area (Å²) in [7, 11) is 0. The Labute approximate surface area is 262 Å². The van der Waals surface area contributed by atoms with Gasteiger partial charge < -0.3 is 19.8 Å². The SMILES string of the molecule is CCOc1cc([C@H]2c3sc(=O)[nH]c3SC3C(=O)N(c4cccc(C(F)(F)F)c4)C(=O)C32)ccc1OCC(=O)Nc1ccccc1. The van der Waals surface area contributed by atoms with Crippen molar-refractivity contribution in [2.75, 3.05) is 23.4 Å². The standard InChI is InChI=1S/C31H24F3N3O6S2/c1-2-42-21-13-16(11-12-20(21)43-15-22(38)35-18-8-4-3-5-9-18)23-24-26(44-27-25(23)45-30(41)36-27)29(40)37(28(24)39)19-10-6-7-17(14-19)31(32,33)34/h3-14,23-24,26H,2,15H2,1H3,(H,35,38)(H,36,41)/t23-,24?,26?/m1/s1. The summed E-state index contributed by atoms with van der Waals surface area (Å²) in [5.74, 6) is -3.03. The molecule has 9 nitrogen and oxygen atoms in total. The summed E-state index contributed by atoms with van der Waals surface area (Å²) >= 11 is 1.92. The van der Waals surface area contributed by atoms with Crippen LogP contribution >= 0.6 is 23.1 Å². The lowest BCUT2D eigenvalue weighted by molar-refractivity contribution is -0.137. The summed E-state index contributed by atoms with van der Waals surface area (Å²) < 4.78 is 52.0. The van der Waals surface area contributed by atoms with Crippen LogP contribution in [0.25, 0.3) is 0 Å². The van der Waals surface area contributed by atoms with Gasteiger partial charge in [-0.05, 0) is 55.0 Å². The first-order valence-electron chi connectivity index (χ1n) is 13.7. The number of aromatic amines is 1. The third-order valence-electron chi connectivity index (χ3n) is 7.30. The third-order valence-corrected chi connectivity index (χ3v) is 9.70. The van der Waals surface area contributed by atoms with Crippen molar-refractivity contribution in [3.8, 4) is 11.5 Å². The maximum absolute atomic E-state index is 13.9. The lowest BCUT2D eigenvalue weighted by Gasteiger charge is -2.30. The van der Waals surface area contributed by atoms with Crippen molar-refractivity contribution in [3.63, 3.8) is 0 Å². The second-order valence-electron chi connectivity index (χ2n) is 10.2. The monoisotopic (exact) mass is 655 g/mol. The maximum atomic E-state index is 13.9. The molecule has 3 heterocycles. The van der Waals surface area contributed by atoms with Crippen LogP contribution in [0.4, 0.5) is 24.5 Å². The van der Waals surface area contributed by atoms with Crippen molar-refractivity contribution in [1.82, 2.24) is 4.98 Å². The molecule has 3 amide bonds. The molecule has 3 atom stereocenters. The molecule has 6 rings (SSSR count). The van der Waals surface area contributed by atoms with Gasteiger partial charge in [-0.2, -0.15) is 13.2 Å². The number of anilines is 2. The number of nitrogens with zero attached hydrogens (tertiary/aromatic N) is 1. The molecule has 232 valence electrons. The Hall–Kier alpha value is -4.56. The van der Waals surface area contributed by atoms with Crippen molar-refractivity contribution < 1.29 is 37.0 Å². The first-order valence-corrected chi connectivity index (χ1v) is 15.4. The van der Waals surface area contributed by atoms with Crippen LogP contribution in [0.15, 0.2) is 82.6 Å².